The van der Waals surface area contributed by atoms with Crippen molar-refractivity contribution < 1.29 is 67.9 Å². The summed E-state index contributed by atoms with van der Waals surface area (Å²) in [4.78, 5) is 19.1. The third-order valence-electron chi connectivity index (χ3n) is 11.2. The van der Waals surface area contributed by atoms with Crippen LogP contribution in [0.25, 0.3) is 27.9 Å². The maximum Gasteiger partial charge on any atom is 0.416 e. The topological polar surface area (TPSA) is 188 Å². The molecule has 0 spiro atoms. The number of allylic oxidation sites excluding steroid dienone is 3. The molecule has 3 aromatic carbocycles. The Bertz CT molecular complexity index is 2710. The molecule has 1 aliphatic rings. The van der Waals surface area contributed by atoms with Gasteiger partial charge in [-0.3, -0.25) is 9.11 Å². The Kier molecular flexibility index (Phi) is 14.2. The second-order valence-corrected chi connectivity index (χ2v) is 18.8. The molecule has 0 fully saturated rings. The van der Waals surface area contributed by atoms with Crippen molar-refractivity contribution in [1.82, 2.24) is 4.73 Å². The predicted molar refractivity (Wildman–Crippen MR) is 229 cm³/mol. The zero-order valence-electron chi connectivity index (χ0n) is 34.3. The first-order valence-corrected chi connectivity index (χ1v) is 23.5. The summed E-state index contributed by atoms with van der Waals surface area (Å²) < 4.78 is 127. The summed E-state index contributed by atoms with van der Waals surface area (Å²) in [5, 5.41) is 21.2. The molecule has 0 saturated heterocycles. The Morgan fingerprint density at radius 2 is 1.40 bits per heavy atom. The molecule has 0 radical (unpaired) electrons. The number of unbranched alkanes of at least 4 members (excludes halogenated alkanes) is 4. The Morgan fingerprint density at radius 3 is 1.98 bits per heavy atom. The highest BCUT2D eigenvalue weighted by Gasteiger charge is 2.49. The molecule has 0 bridgehead atoms. The lowest BCUT2D eigenvalue weighted by Crippen LogP contribution is -2.36. The highest BCUT2D eigenvalue weighted by molar-refractivity contribution is 7.86. The fourth-order valence-corrected chi connectivity index (χ4v) is 9.55. The van der Waals surface area contributed by atoms with Crippen molar-refractivity contribution in [2.45, 2.75) is 82.8 Å². The Hall–Kier alpha value is -5.50. The van der Waals surface area contributed by atoms with Crippen molar-refractivity contribution >= 4 is 59.8 Å². The first-order chi connectivity index (χ1) is 29.7. The quantitative estimate of drug-likeness (QED) is 0.0205. The molecule has 6 rings (SSSR count). The number of aryl methyl sites for hydroxylation is 1. The van der Waals surface area contributed by atoms with E-state index in [2.05, 4.69) is 4.57 Å². The molecule has 1 unspecified atom stereocenters. The molecule has 1 aliphatic heterocycles. The number of anilines is 1. The average Bonchev–Trinajstić information content (AvgIpc) is 3.64. The van der Waals surface area contributed by atoms with E-state index in [4.69, 9.17) is 4.84 Å². The van der Waals surface area contributed by atoms with E-state index in [1.807, 2.05) is 54.6 Å². The SMILES string of the molecule is CC1(CCCCS(=O)(=O)O)C(=CC=Cc2c3ccccc3[n+](CCCCS(=O)(=O)O)c3ccccc23)N(CCCCCC(=O)On2c(O)ccc2O)c2cc(F)cc(C(F)(F)F)c21. The van der Waals surface area contributed by atoms with E-state index in [9.17, 15) is 54.1 Å². The smallest absolute Gasteiger partial charge is 0.416 e. The number of rotatable bonds is 19. The van der Waals surface area contributed by atoms with E-state index >= 15 is 4.39 Å². The summed E-state index contributed by atoms with van der Waals surface area (Å²) in [6.07, 6.45) is 1.80. The first-order valence-electron chi connectivity index (χ1n) is 20.3. The van der Waals surface area contributed by atoms with Crippen LogP contribution in [-0.4, -0.2) is 64.9 Å². The molecule has 19 heteroatoms. The normalized spacial score (nSPS) is 16.5. The minimum atomic E-state index is -4.97. The fourth-order valence-electron chi connectivity index (χ4n) is 8.41. The molecule has 0 saturated carbocycles. The molecule has 5 aromatic rings. The number of halogens is 4. The van der Waals surface area contributed by atoms with Gasteiger partial charge in [0.05, 0.1) is 27.8 Å². The van der Waals surface area contributed by atoms with Crippen molar-refractivity contribution in [3.05, 3.63) is 113 Å². The number of para-hydroxylation sites is 2. The minimum absolute atomic E-state index is 0.000109. The molecule has 2 aromatic heterocycles. The van der Waals surface area contributed by atoms with E-state index in [0.717, 1.165) is 45.6 Å². The van der Waals surface area contributed by atoms with Crippen LogP contribution in [-0.2, 0) is 43.2 Å². The highest BCUT2D eigenvalue weighted by Crippen LogP contribution is 2.55. The minimum Gasteiger partial charge on any atom is -0.492 e. The van der Waals surface area contributed by atoms with Crippen molar-refractivity contribution in [3.63, 3.8) is 0 Å². The number of alkyl halides is 3. The summed E-state index contributed by atoms with van der Waals surface area (Å²) in [5.74, 6) is -3.82. The van der Waals surface area contributed by atoms with Crippen molar-refractivity contribution in [1.29, 1.82) is 0 Å². The number of carbonyl (C=O) groups excluding carboxylic acids is 1. The molecular formula is C44H48F4N3O10S2+. The number of aromatic nitrogens is 2. The number of carbonyl (C=O) groups is 1. The van der Waals surface area contributed by atoms with Crippen LogP contribution < -0.4 is 14.3 Å². The maximum atomic E-state index is 15.3. The van der Waals surface area contributed by atoms with E-state index in [0.29, 0.717) is 42.3 Å². The van der Waals surface area contributed by atoms with Gasteiger partial charge in [-0.1, -0.05) is 49.3 Å². The molecule has 13 nitrogen and oxygen atoms in total. The van der Waals surface area contributed by atoms with Crippen molar-refractivity contribution in [2.75, 3.05) is 23.0 Å². The van der Waals surface area contributed by atoms with Gasteiger partial charge in [0.15, 0.2) is 0 Å². The van der Waals surface area contributed by atoms with Crippen LogP contribution in [0.3, 0.4) is 0 Å². The number of pyridine rings is 1. The standard InChI is InChI=1S/C44H47F4N3O10S2/c1-43(23-8-11-26-62(55,56)57)38(19-13-16-31-32-14-4-6-17-35(32)49(24-10-12-27-63(58,59)60)36-18-7-5-15-33(31)36)50(37-29-30(45)28-34(42(37)43)44(46,47)48)25-9-2-3-20-41(54)61-51-39(52)21-22-40(51)53/h4-7,13-19,21-22,28-29H,2-3,8-12,20,23-27H2,1H3,(H3-,52,53,55,56,57,58,59,60)/p+1. The van der Waals surface area contributed by atoms with Crippen LogP contribution in [0.1, 0.15) is 81.4 Å². The second kappa shape index (κ2) is 19.1. The van der Waals surface area contributed by atoms with Crippen LogP contribution in [0.5, 0.6) is 11.8 Å². The van der Waals surface area contributed by atoms with Gasteiger partial charge in [0, 0.05) is 66.0 Å². The lowest BCUT2D eigenvalue weighted by atomic mass is 9.75. The zero-order valence-corrected chi connectivity index (χ0v) is 35.9. The van der Waals surface area contributed by atoms with Gasteiger partial charge in [-0.05, 0) is 74.9 Å². The molecule has 0 amide bonds. The summed E-state index contributed by atoms with van der Waals surface area (Å²) in [6, 6.07) is 18.9. The molecule has 338 valence electrons. The Labute approximate surface area is 362 Å². The van der Waals surface area contributed by atoms with Gasteiger partial charge in [0.1, 0.15) is 12.4 Å². The van der Waals surface area contributed by atoms with Crippen LogP contribution in [0, 0.1) is 5.82 Å². The third kappa shape index (κ3) is 11.2. The lowest BCUT2D eigenvalue weighted by Gasteiger charge is -2.31. The Balaban J connectivity index is 1.39. The summed E-state index contributed by atoms with van der Waals surface area (Å²) in [5.41, 5.74) is 0.00954. The highest BCUT2D eigenvalue weighted by atomic mass is 32.2. The van der Waals surface area contributed by atoms with Gasteiger partial charge >= 0.3 is 12.1 Å². The van der Waals surface area contributed by atoms with E-state index in [1.54, 1.807) is 24.0 Å². The average molecular weight is 919 g/mol. The monoisotopic (exact) mass is 918 g/mol. The number of aromatic hydroxyl groups is 2. The molecule has 4 N–H and O–H groups in total. The summed E-state index contributed by atoms with van der Waals surface area (Å²) >= 11 is 0. The van der Waals surface area contributed by atoms with Gasteiger partial charge in [0.25, 0.3) is 20.2 Å². The molecule has 0 aliphatic carbocycles. The van der Waals surface area contributed by atoms with Crippen molar-refractivity contribution in [3.8, 4) is 11.8 Å². The third-order valence-corrected chi connectivity index (χ3v) is 12.8. The number of hydrogen-bond acceptors (Lipinski definition) is 9. The largest absolute Gasteiger partial charge is 0.492 e. The van der Waals surface area contributed by atoms with E-state index < -0.39 is 66.7 Å². The van der Waals surface area contributed by atoms with Crippen LogP contribution in [0.2, 0.25) is 0 Å². The van der Waals surface area contributed by atoms with Gasteiger partial charge in [0.2, 0.25) is 22.8 Å². The summed E-state index contributed by atoms with van der Waals surface area (Å²) in [6.45, 7) is 2.14. The van der Waals surface area contributed by atoms with Gasteiger partial charge in [-0.2, -0.15) is 34.6 Å². The molecule has 63 heavy (non-hydrogen) atoms. The molecule has 3 heterocycles. The first kappa shape index (κ1) is 47.0. The number of hydrogen-bond donors (Lipinski definition) is 4. The van der Waals surface area contributed by atoms with E-state index in [1.165, 1.54) is 0 Å². The number of nitrogens with zero attached hydrogens (tertiary/aromatic N) is 3. The zero-order chi connectivity index (χ0) is 45.7. The van der Waals surface area contributed by atoms with Gasteiger partial charge in [-0.15, -0.1) is 4.73 Å². The number of fused-ring (bicyclic) bond motifs is 3. The van der Waals surface area contributed by atoms with Crippen molar-refractivity contribution in [2.24, 2.45) is 0 Å². The lowest BCUT2D eigenvalue weighted by molar-refractivity contribution is -0.645. The van der Waals surface area contributed by atoms with Crippen LogP contribution in [0.4, 0.5) is 23.2 Å². The second-order valence-electron chi connectivity index (χ2n) is 15.7. The van der Waals surface area contributed by atoms with E-state index in [-0.39, 0.29) is 62.1 Å². The molecular weight excluding hydrogens is 871 g/mol. The maximum absolute atomic E-state index is 15.3. The Morgan fingerprint density at radius 1 is 0.810 bits per heavy atom. The predicted octanol–water partition coefficient (Wildman–Crippen LogP) is 8.27. The summed E-state index contributed by atoms with van der Waals surface area (Å²) in [7, 11) is -8.49. The van der Waals surface area contributed by atoms with Gasteiger partial charge in [-0.25, -0.2) is 9.18 Å². The van der Waals surface area contributed by atoms with Crippen LogP contribution in [0.15, 0.2) is 90.6 Å². The van der Waals surface area contributed by atoms with Crippen LogP contribution >= 0.6 is 0 Å². The number of benzene rings is 3. The molecule has 1 atom stereocenters. The van der Waals surface area contributed by atoms with Gasteiger partial charge < -0.3 is 20.0 Å². The fraction of sp³-hybridized carbons (Fsp3) is 0.364.